The average Bonchev–Trinajstić information content (AvgIpc) is 2.25. The fourth-order valence-corrected chi connectivity index (χ4v) is 4.25. The summed E-state index contributed by atoms with van der Waals surface area (Å²) < 4.78 is 0. The lowest BCUT2D eigenvalue weighted by Gasteiger charge is -2.28. The highest BCUT2D eigenvalue weighted by molar-refractivity contribution is 8.14. The van der Waals surface area contributed by atoms with Gasteiger partial charge >= 0.3 is 0 Å². The average molecular weight is 254 g/mol. The quantitative estimate of drug-likeness (QED) is 0.813. The van der Waals surface area contributed by atoms with E-state index in [2.05, 4.69) is 26.1 Å². The lowest BCUT2D eigenvalue weighted by atomic mass is 9.82. The molecule has 1 aliphatic carbocycles. The van der Waals surface area contributed by atoms with Crippen molar-refractivity contribution in [1.82, 2.24) is 5.32 Å². The van der Waals surface area contributed by atoms with Crippen molar-refractivity contribution >= 4 is 16.9 Å². The maximum Gasteiger partial charge on any atom is 0.157 e. The molecule has 1 saturated heterocycles. The molecular formula is C14H26N2S. The van der Waals surface area contributed by atoms with Crippen molar-refractivity contribution < 1.29 is 0 Å². The molecule has 0 spiro atoms. The summed E-state index contributed by atoms with van der Waals surface area (Å²) in [5, 5.41) is 5.42. The summed E-state index contributed by atoms with van der Waals surface area (Å²) in [6.07, 6.45) is 6.85. The van der Waals surface area contributed by atoms with E-state index < -0.39 is 0 Å². The van der Waals surface area contributed by atoms with E-state index in [4.69, 9.17) is 4.99 Å². The molecule has 2 rings (SSSR count). The minimum atomic E-state index is 0.593. The Hall–Kier alpha value is -0.180. The first-order valence-electron chi connectivity index (χ1n) is 7.11. The van der Waals surface area contributed by atoms with E-state index in [0.29, 0.717) is 6.04 Å². The molecule has 2 aliphatic rings. The molecule has 0 aromatic heterocycles. The van der Waals surface area contributed by atoms with Gasteiger partial charge in [-0.25, -0.2) is 0 Å². The Kier molecular flexibility index (Phi) is 4.78. The summed E-state index contributed by atoms with van der Waals surface area (Å²) in [6.45, 7) is 7.99. The summed E-state index contributed by atoms with van der Waals surface area (Å²) in [5.41, 5.74) is 0. The third kappa shape index (κ3) is 4.20. The predicted octanol–water partition coefficient (Wildman–Crippen LogP) is 3.67. The number of nitrogens with zero attached hydrogens (tertiary/aromatic N) is 1. The second-order valence-corrected chi connectivity index (χ2v) is 7.42. The van der Waals surface area contributed by atoms with Gasteiger partial charge in [-0.3, -0.25) is 4.99 Å². The van der Waals surface area contributed by atoms with Crippen LogP contribution in [0.2, 0.25) is 0 Å². The second-order valence-electron chi connectivity index (χ2n) is 5.99. The topological polar surface area (TPSA) is 24.4 Å². The normalized spacial score (nSPS) is 41.2. The number of rotatable bonds is 2. The molecule has 0 radical (unpaired) electrons. The largest absolute Gasteiger partial charge is 0.362 e. The van der Waals surface area contributed by atoms with Gasteiger partial charge in [-0.1, -0.05) is 38.5 Å². The number of thioether (sulfide) groups is 1. The molecule has 1 heterocycles. The van der Waals surface area contributed by atoms with Gasteiger partial charge in [0.2, 0.25) is 0 Å². The van der Waals surface area contributed by atoms with Gasteiger partial charge in [0.25, 0.3) is 0 Å². The Balaban J connectivity index is 1.82. The van der Waals surface area contributed by atoms with Gasteiger partial charge in [-0.15, -0.1) is 0 Å². The molecule has 1 aliphatic heterocycles. The van der Waals surface area contributed by atoms with E-state index in [0.717, 1.165) is 23.6 Å². The molecule has 1 saturated carbocycles. The van der Waals surface area contributed by atoms with E-state index in [1.165, 1.54) is 37.3 Å². The lowest BCUT2D eigenvalue weighted by molar-refractivity contribution is 0.289. The molecule has 3 heteroatoms. The fraction of sp³-hybridized carbons (Fsp3) is 0.929. The van der Waals surface area contributed by atoms with Crippen LogP contribution in [0.15, 0.2) is 4.99 Å². The Morgan fingerprint density at radius 3 is 2.76 bits per heavy atom. The van der Waals surface area contributed by atoms with Crippen LogP contribution in [0.1, 0.15) is 52.9 Å². The monoisotopic (exact) mass is 254 g/mol. The number of aliphatic imine (C=N–C) groups is 1. The summed E-state index contributed by atoms with van der Waals surface area (Å²) in [7, 11) is 0. The molecule has 0 bridgehead atoms. The summed E-state index contributed by atoms with van der Waals surface area (Å²) in [6, 6.07) is 0.593. The van der Waals surface area contributed by atoms with Crippen molar-refractivity contribution in [3.63, 3.8) is 0 Å². The van der Waals surface area contributed by atoms with Gasteiger partial charge in [0.1, 0.15) is 0 Å². The van der Waals surface area contributed by atoms with Crippen molar-refractivity contribution in [3.8, 4) is 0 Å². The highest BCUT2D eigenvalue weighted by Gasteiger charge is 2.21. The van der Waals surface area contributed by atoms with Crippen molar-refractivity contribution in [2.75, 3.05) is 6.54 Å². The number of amidine groups is 1. The van der Waals surface area contributed by atoms with Crippen LogP contribution in [-0.2, 0) is 0 Å². The molecule has 0 amide bonds. The minimum absolute atomic E-state index is 0.593. The molecule has 17 heavy (non-hydrogen) atoms. The van der Waals surface area contributed by atoms with Crippen LogP contribution in [0.4, 0.5) is 0 Å². The molecule has 4 unspecified atom stereocenters. The van der Waals surface area contributed by atoms with Crippen LogP contribution < -0.4 is 5.32 Å². The van der Waals surface area contributed by atoms with E-state index in [9.17, 15) is 0 Å². The van der Waals surface area contributed by atoms with Crippen LogP contribution in [0.3, 0.4) is 0 Å². The highest BCUT2D eigenvalue weighted by Crippen LogP contribution is 2.29. The Morgan fingerprint density at radius 2 is 2.06 bits per heavy atom. The second kappa shape index (κ2) is 6.12. The Morgan fingerprint density at radius 1 is 1.24 bits per heavy atom. The molecule has 98 valence electrons. The van der Waals surface area contributed by atoms with Gasteiger partial charge in [-0.05, 0) is 38.0 Å². The number of hydrogen-bond donors (Lipinski definition) is 1. The van der Waals surface area contributed by atoms with E-state index in [1.807, 2.05) is 11.8 Å². The summed E-state index contributed by atoms with van der Waals surface area (Å²) in [4.78, 5) is 4.81. The predicted molar refractivity (Wildman–Crippen MR) is 77.7 cm³/mol. The van der Waals surface area contributed by atoms with E-state index in [-0.39, 0.29) is 0 Å². The maximum atomic E-state index is 4.81. The van der Waals surface area contributed by atoms with Crippen LogP contribution >= 0.6 is 11.8 Å². The Bertz CT molecular complexity index is 265. The van der Waals surface area contributed by atoms with Gasteiger partial charge in [-0.2, -0.15) is 0 Å². The molecule has 1 N–H and O–H groups in total. The molecule has 2 nitrogen and oxygen atoms in total. The van der Waals surface area contributed by atoms with Gasteiger partial charge in [0.15, 0.2) is 5.17 Å². The van der Waals surface area contributed by atoms with Gasteiger partial charge in [0.05, 0.1) is 0 Å². The molecule has 2 fully saturated rings. The first-order chi connectivity index (χ1) is 8.13. The van der Waals surface area contributed by atoms with Crippen molar-refractivity contribution in [2.45, 2.75) is 64.2 Å². The zero-order chi connectivity index (χ0) is 12.3. The fourth-order valence-electron chi connectivity index (χ4n) is 3.06. The molecule has 0 aromatic carbocycles. The third-order valence-corrected chi connectivity index (χ3v) is 4.97. The summed E-state index contributed by atoms with van der Waals surface area (Å²) >= 11 is 1.92. The standard InChI is InChI=1S/C14H26N2S/c1-10-5-4-6-13(7-10)9-15-14-16-11(2)8-12(3)17-14/h10-13H,4-9H2,1-3H3,(H,15,16). The minimum Gasteiger partial charge on any atom is -0.362 e. The zero-order valence-electron chi connectivity index (χ0n) is 11.4. The van der Waals surface area contributed by atoms with E-state index >= 15 is 0 Å². The van der Waals surface area contributed by atoms with Crippen LogP contribution in [0, 0.1) is 11.8 Å². The van der Waals surface area contributed by atoms with Gasteiger partial charge in [0, 0.05) is 17.8 Å². The Labute approximate surface area is 110 Å². The lowest BCUT2D eigenvalue weighted by Crippen LogP contribution is -2.38. The molecule has 4 atom stereocenters. The number of nitrogens with one attached hydrogen (secondary N) is 1. The van der Waals surface area contributed by atoms with Crippen molar-refractivity contribution in [1.29, 1.82) is 0 Å². The summed E-state index contributed by atoms with van der Waals surface area (Å²) in [5.74, 6) is 1.75. The van der Waals surface area contributed by atoms with Gasteiger partial charge < -0.3 is 5.32 Å². The smallest absolute Gasteiger partial charge is 0.157 e. The van der Waals surface area contributed by atoms with Crippen LogP contribution in [0.25, 0.3) is 0 Å². The van der Waals surface area contributed by atoms with Crippen molar-refractivity contribution in [2.24, 2.45) is 16.8 Å². The number of hydrogen-bond acceptors (Lipinski definition) is 2. The van der Waals surface area contributed by atoms with Crippen LogP contribution in [-0.4, -0.2) is 23.0 Å². The van der Waals surface area contributed by atoms with Crippen molar-refractivity contribution in [3.05, 3.63) is 0 Å². The first kappa shape index (κ1) is 13.3. The van der Waals surface area contributed by atoms with Crippen LogP contribution in [0.5, 0.6) is 0 Å². The van der Waals surface area contributed by atoms with E-state index in [1.54, 1.807) is 0 Å². The highest BCUT2D eigenvalue weighted by atomic mass is 32.2. The third-order valence-electron chi connectivity index (χ3n) is 3.91. The molecular weight excluding hydrogens is 228 g/mol. The SMILES string of the molecule is CC1CCCC(CN=C2NC(C)CC(C)S2)C1. The zero-order valence-corrected chi connectivity index (χ0v) is 12.2. The first-order valence-corrected chi connectivity index (χ1v) is 7.99. The molecule has 0 aromatic rings. The maximum absolute atomic E-state index is 4.81.